The second kappa shape index (κ2) is 3.01. The highest BCUT2D eigenvalue weighted by atomic mass is 15.5. The summed E-state index contributed by atoms with van der Waals surface area (Å²) in [5.41, 5.74) is 11.6. The Morgan fingerprint density at radius 2 is 2.25 bits per heavy atom. The number of aliphatic imine (C=N–C) groups is 1. The molecule has 1 saturated carbocycles. The molecular formula is C10H14N6. The summed E-state index contributed by atoms with van der Waals surface area (Å²) in [5.74, 6) is 0.763. The normalized spacial score (nSPS) is 29.2. The van der Waals surface area contributed by atoms with Gasteiger partial charge in [0.1, 0.15) is 11.7 Å². The Hall–Kier alpha value is -1.98. The fraction of sp³-hybridized carbons (Fsp3) is 0.400. The number of nitrogens with one attached hydrogen (secondary N) is 1. The Morgan fingerprint density at radius 1 is 1.44 bits per heavy atom. The van der Waals surface area contributed by atoms with Gasteiger partial charge in [0.25, 0.3) is 0 Å². The first-order valence-corrected chi connectivity index (χ1v) is 5.31. The van der Waals surface area contributed by atoms with E-state index in [1.807, 2.05) is 12.3 Å². The molecule has 1 atom stereocenters. The van der Waals surface area contributed by atoms with Gasteiger partial charge in [0.15, 0.2) is 0 Å². The fourth-order valence-electron chi connectivity index (χ4n) is 2.11. The first kappa shape index (κ1) is 9.26. The highest BCUT2D eigenvalue weighted by Crippen LogP contribution is 2.44. The summed E-state index contributed by atoms with van der Waals surface area (Å²) in [4.78, 5) is 4.50. The molecule has 3 rings (SSSR count). The summed E-state index contributed by atoms with van der Waals surface area (Å²) in [6.45, 7) is 0. The van der Waals surface area contributed by atoms with Crippen LogP contribution in [0.2, 0.25) is 0 Å². The molecule has 0 aromatic carbocycles. The predicted molar refractivity (Wildman–Crippen MR) is 60.0 cm³/mol. The van der Waals surface area contributed by atoms with E-state index in [4.69, 9.17) is 11.5 Å². The van der Waals surface area contributed by atoms with Gasteiger partial charge in [-0.15, -0.1) is 0 Å². The van der Waals surface area contributed by atoms with Gasteiger partial charge in [0.2, 0.25) is 5.79 Å². The van der Waals surface area contributed by atoms with Gasteiger partial charge in [0.05, 0.1) is 0 Å². The van der Waals surface area contributed by atoms with Crippen LogP contribution in [0.25, 0.3) is 0 Å². The highest BCUT2D eigenvalue weighted by Gasteiger charge is 2.49. The number of rotatable bonds is 2. The second-order valence-corrected chi connectivity index (χ2v) is 4.21. The Labute approximate surface area is 93.0 Å². The zero-order chi connectivity index (χ0) is 11.2. The molecule has 0 amide bonds. The lowest BCUT2D eigenvalue weighted by Gasteiger charge is -2.34. The van der Waals surface area contributed by atoms with Gasteiger partial charge in [-0.1, -0.05) is 0 Å². The predicted octanol–water partition coefficient (Wildman–Crippen LogP) is -0.336. The molecule has 1 fully saturated rings. The molecule has 0 radical (unpaired) electrons. The molecule has 1 aromatic heterocycles. The van der Waals surface area contributed by atoms with E-state index in [1.54, 1.807) is 17.0 Å². The van der Waals surface area contributed by atoms with Gasteiger partial charge in [-0.05, 0) is 18.9 Å². The molecule has 0 saturated heterocycles. The van der Waals surface area contributed by atoms with Crippen LogP contribution in [0.15, 0.2) is 35.3 Å². The molecular weight excluding hydrogens is 204 g/mol. The van der Waals surface area contributed by atoms with E-state index < -0.39 is 5.79 Å². The van der Waals surface area contributed by atoms with Gasteiger partial charge in [-0.25, -0.2) is 9.67 Å². The van der Waals surface area contributed by atoms with Crippen LogP contribution in [-0.4, -0.2) is 15.6 Å². The minimum Gasteiger partial charge on any atom is -0.385 e. The molecule has 0 spiro atoms. The van der Waals surface area contributed by atoms with Crippen molar-refractivity contribution < 1.29 is 0 Å². The standard InChI is InChI=1S/C10H14N6/c11-8-6-9(12)15-10(14-8,7-2-3-7)16-5-1-4-13-16/h1,4-7,14H,2-3,11H2,(H2,12,15). The molecule has 2 heterocycles. The van der Waals surface area contributed by atoms with E-state index in [0.29, 0.717) is 17.6 Å². The first-order chi connectivity index (χ1) is 7.71. The van der Waals surface area contributed by atoms with Crippen molar-refractivity contribution in [3.05, 3.63) is 30.4 Å². The van der Waals surface area contributed by atoms with Crippen molar-refractivity contribution in [1.29, 1.82) is 0 Å². The van der Waals surface area contributed by atoms with E-state index in [0.717, 1.165) is 12.8 Å². The fourth-order valence-corrected chi connectivity index (χ4v) is 2.11. The monoisotopic (exact) mass is 218 g/mol. The molecule has 1 aromatic rings. The molecule has 2 aliphatic rings. The van der Waals surface area contributed by atoms with Crippen LogP contribution >= 0.6 is 0 Å². The average Bonchev–Trinajstić information content (AvgIpc) is 2.93. The van der Waals surface area contributed by atoms with Crippen molar-refractivity contribution in [2.24, 2.45) is 22.4 Å². The lowest BCUT2D eigenvalue weighted by molar-refractivity contribution is 0.181. The number of amidine groups is 1. The highest BCUT2D eigenvalue weighted by molar-refractivity contribution is 5.92. The first-order valence-electron chi connectivity index (χ1n) is 5.31. The van der Waals surface area contributed by atoms with E-state index in [1.165, 1.54) is 0 Å². The second-order valence-electron chi connectivity index (χ2n) is 4.21. The summed E-state index contributed by atoms with van der Waals surface area (Å²) in [6.07, 6.45) is 7.45. The van der Waals surface area contributed by atoms with Crippen LogP contribution in [0.1, 0.15) is 12.8 Å². The van der Waals surface area contributed by atoms with Crippen LogP contribution in [0.4, 0.5) is 0 Å². The van der Waals surface area contributed by atoms with Crippen LogP contribution < -0.4 is 16.8 Å². The minimum absolute atomic E-state index is 0.401. The van der Waals surface area contributed by atoms with Crippen LogP contribution in [0.3, 0.4) is 0 Å². The summed E-state index contributed by atoms with van der Waals surface area (Å²) in [5, 5.41) is 7.45. The SMILES string of the molecule is NC1=CC(N)=NC(C2CC2)(n2cccn2)N1. The van der Waals surface area contributed by atoms with Crippen molar-refractivity contribution in [2.45, 2.75) is 18.6 Å². The maximum absolute atomic E-state index is 5.82. The maximum Gasteiger partial charge on any atom is 0.232 e. The lowest BCUT2D eigenvalue weighted by Crippen LogP contribution is -2.52. The van der Waals surface area contributed by atoms with Crippen LogP contribution in [0.5, 0.6) is 0 Å². The van der Waals surface area contributed by atoms with Gasteiger partial charge in [-0.3, -0.25) is 0 Å². The number of aromatic nitrogens is 2. The van der Waals surface area contributed by atoms with Crippen molar-refractivity contribution in [3.8, 4) is 0 Å². The Kier molecular flexibility index (Phi) is 1.74. The van der Waals surface area contributed by atoms with E-state index in [2.05, 4.69) is 15.4 Å². The Morgan fingerprint density at radius 3 is 2.81 bits per heavy atom. The molecule has 1 aliphatic heterocycles. The number of hydrogen-bond donors (Lipinski definition) is 3. The van der Waals surface area contributed by atoms with Gasteiger partial charge < -0.3 is 16.8 Å². The van der Waals surface area contributed by atoms with Gasteiger partial charge in [0, 0.05) is 24.4 Å². The van der Waals surface area contributed by atoms with Crippen molar-refractivity contribution in [3.63, 3.8) is 0 Å². The summed E-state index contributed by atoms with van der Waals surface area (Å²) in [6, 6.07) is 1.87. The third kappa shape index (κ3) is 1.26. The molecule has 1 aliphatic carbocycles. The molecule has 6 nitrogen and oxygen atoms in total. The topological polar surface area (TPSA) is 94.3 Å². The number of hydrogen-bond acceptors (Lipinski definition) is 5. The molecule has 6 heteroatoms. The molecule has 0 bridgehead atoms. The summed E-state index contributed by atoms with van der Waals surface area (Å²) in [7, 11) is 0. The van der Waals surface area contributed by atoms with Crippen LogP contribution in [-0.2, 0) is 5.79 Å². The van der Waals surface area contributed by atoms with Crippen LogP contribution in [0, 0.1) is 5.92 Å². The van der Waals surface area contributed by atoms with Crippen molar-refractivity contribution >= 4 is 5.84 Å². The zero-order valence-electron chi connectivity index (χ0n) is 8.80. The Bertz CT molecular complexity index is 456. The number of nitrogens with zero attached hydrogens (tertiary/aromatic N) is 3. The Balaban J connectivity index is 2.08. The zero-order valence-corrected chi connectivity index (χ0v) is 8.80. The van der Waals surface area contributed by atoms with E-state index >= 15 is 0 Å². The molecule has 1 unspecified atom stereocenters. The maximum atomic E-state index is 5.82. The third-order valence-electron chi connectivity index (χ3n) is 2.93. The van der Waals surface area contributed by atoms with E-state index in [9.17, 15) is 0 Å². The molecule has 5 N–H and O–H groups in total. The third-order valence-corrected chi connectivity index (χ3v) is 2.93. The summed E-state index contributed by atoms with van der Waals surface area (Å²) >= 11 is 0. The van der Waals surface area contributed by atoms with E-state index in [-0.39, 0.29) is 0 Å². The van der Waals surface area contributed by atoms with Gasteiger partial charge >= 0.3 is 0 Å². The van der Waals surface area contributed by atoms with Crippen molar-refractivity contribution in [2.75, 3.05) is 0 Å². The average molecular weight is 218 g/mol. The minimum atomic E-state index is -0.619. The number of nitrogens with two attached hydrogens (primary N) is 2. The largest absolute Gasteiger partial charge is 0.385 e. The molecule has 16 heavy (non-hydrogen) atoms. The quantitative estimate of drug-likeness (QED) is 0.633. The lowest BCUT2D eigenvalue weighted by atomic mass is 10.2. The smallest absolute Gasteiger partial charge is 0.232 e. The molecule has 84 valence electrons. The summed E-state index contributed by atoms with van der Waals surface area (Å²) < 4.78 is 1.79. The van der Waals surface area contributed by atoms with Gasteiger partial charge in [-0.2, -0.15) is 5.10 Å². The van der Waals surface area contributed by atoms with Crippen molar-refractivity contribution in [1.82, 2.24) is 15.1 Å².